The van der Waals surface area contributed by atoms with Gasteiger partial charge in [0.2, 0.25) is 0 Å². The molecule has 0 bridgehead atoms. The summed E-state index contributed by atoms with van der Waals surface area (Å²) in [5.74, 6) is 1.43. The Labute approximate surface area is 95.3 Å². The molecule has 0 saturated carbocycles. The molecule has 0 aliphatic carbocycles. The zero-order valence-corrected chi connectivity index (χ0v) is 9.74. The van der Waals surface area contributed by atoms with Crippen molar-refractivity contribution in [1.29, 1.82) is 0 Å². The molecule has 5 heteroatoms. The first kappa shape index (κ1) is 11.4. The molecule has 4 nitrogen and oxygen atoms in total. The number of nitrogens with two attached hydrogens (primary N) is 1. The number of benzene rings is 1. The minimum atomic E-state index is -2.74. The van der Waals surface area contributed by atoms with E-state index in [1.54, 1.807) is 0 Å². The third-order valence-electron chi connectivity index (χ3n) is 2.62. The Kier molecular flexibility index (Phi) is 3.16. The van der Waals surface area contributed by atoms with Crippen LogP contribution in [-0.2, 0) is 16.4 Å². The molecule has 2 N–H and O–H groups in total. The van der Waals surface area contributed by atoms with Crippen molar-refractivity contribution in [3.05, 3.63) is 29.8 Å². The number of ether oxygens (including phenoxy) is 1. The van der Waals surface area contributed by atoms with E-state index in [0.29, 0.717) is 13.2 Å². The first-order valence-electron chi connectivity index (χ1n) is 5.21. The average Bonchev–Trinajstić information content (AvgIpc) is 2.24. The highest BCUT2D eigenvalue weighted by atomic mass is 32.2. The van der Waals surface area contributed by atoms with E-state index in [9.17, 15) is 8.42 Å². The minimum absolute atomic E-state index is 0.152. The van der Waals surface area contributed by atoms with Crippen molar-refractivity contribution in [2.75, 3.05) is 18.1 Å². The fraction of sp³-hybridized carbons (Fsp3) is 0.455. The molecule has 0 radical (unpaired) electrons. The number of hydrogen-bond acceptors (Lipinski definition) is 4. The molecule has 1 aliphatic rings. The molecule has 1 heterocycles. The molecule has 0 spiro atoms. The summed E-state index contributed by atoms with van der Waals surface area (Å²) in [6, 6.07) is 7.53. The lowest BCUT2D eigenvalue weighted by Gasteiger charge is -2.25. The van der Waals surface area contributed by atoms with E-state index >= 15 is 0 Å². The molecule has 0 atom stereocenters. The molecule has 16 heavy (non-hydrogen) atoms. The first-order valence-corrected chi connectivity index (χ1v) is 7.03. The highest BCUT2D eigenvalue weighted by Gasteiger charge is 2.33. The predicted octanol–water partition coefficient (Wildman–Crippen LogP) is 0.569. The smallest absolute Gasteiger partial charge is 0.151 e. The van der Waals surface area contributed by atoms with Crippen LogP contribution in [0.5, 0.6) is 5.75 Å². The molecule has 1 saturated heterocycles. The van der Waals surface area contributed by atoms with Crippen LogP contribution in [0, 0.1) is 5.92 Å². The molecular formula is C11H15NO3S. The lowest BCUT2D eigenvalue weighted by molar-refractivity contribution is 0.263. The molecular weight excluding hydrogens is 226 g/mol. The molecule has 1 aromatic rings. The molecule has 88 valence electrons. The van der Waals surface area contributed by atoms with Gasteiger partial charge in [0.05, 0.1) is 18.1 Å². The van der Waals surface area contributed by atoms with Crippen molar-refractivity contribution in [3.63, 3.8) is 0 Å². The first-order chi connectivity index (χ1) is 7.59. The van der Waals surface area contributed by atoms with Gasteiger partial charge in [0.1, 0.15) is 5.75 Å². The second-order valence-electron chi connectivity index (χ2n) is 4.10. The van der Waals surface area contributed by atoms with Crippen molar-refractivity contribution < 1.29 is 13.2 Å². The maximum Gasteiger partial charge on any atom is 0.151 e. The molecule has 0 amide bonds. The third-order valence-corrected chi connectivity index (χ3v) is 4.58. The van der Waals surface area contributed by atoms with Gasteiger partial charge in [-0.3, -0.25) is 0 Å². The summed E-state index contributed by atoms with van der Waals surface area (Å²) >= 11 is 0. The maximum absolute atomic E-state index is 10.9. The van der Waals surface area contributed by atoms with Crippen LogP contribution < -0.4 is 10.5 Å². The van der Waals surface area contributed by atoms with E-state index < -0.39 is 9.84 Å². The molecule has 2 rings (SSSR count). The summed E-state index contributed by atoms with van der Waals surface area (Å²) in [4.78, 5) is 0. The highest BCUT2D eigenvalue weighted by molar-refractivity contribution is 7.92. The Morgan fingerprint density at radius 1 is 1.25 bits per heavy atom. The van der Waals surface area contributed by atoms with Crippen molar-refractivity contribution in [2.45, 2.75) is 6.54 Å². The Bertz CT molecular complexity index is 441. The van der Waals surface area contributed by atoms with Crippen LogP contribution in [0.15, 0.2) is 24.3 Å². The van der Waals surface area contributed by atoms with E-state index in [1.165, 1.54) is 0 Å². The molecule has 0 unspecified atom stereocenters. The van der Waals surface area contributed by atoms with Crippen LogP contribution in [0.3, 0.4) is 0 Å². The van der Waals surface area contributed by atoms with Crippen LogP contribution in [0.4, 0.5) is 0 Å². The van der Waals surface area contributed by atoms with Crippen LogP contribution in [0.1, 0.15) is 5.56 Å². The second kappa shape index (κ2) is 4.43. The summed E-state index contributed by atoms with van der Waals surface area (Å²) in [7, 11) is -2.74. The van der Waals surface area contributed by atoms with Gasteiger partial charge in [-0.1, -0.05) is 12.1 Å². The average molecular weight is 241 g/mol. The van der Waals surface area contributed by atoms with Crippen molar-refractivity contribution >= 4 is 9.84 Å². The van der Waals surface area contributed by atoms with Gasteiger partial charge in [-0.15, -0.1) is 0 Å². The van der Waals surface area contributed by atoms with E-state index in [-0.39, 0.29) is 17.4 Å². The van der Waals surface area contributed by atoms with Gasteiger partial charge in [0.15, 0.2) is 9.84 Å². The Hall–Kier alpha value is -1.07. The zero-order chi connectivity index (χ0) is 11.6. The fourth-order valence-corrected chi connectivity index (χ4v) is 3.23. The number of rotatable bonds is 4. The van der Waals surface area contributed by atoms with E-state index in [0.717, 1.165) is 11.3 Å². The predicted molar refractivity (Wildman–Crippen MR) is 62.0 cm³/mol. The minimum Gasteiger partial charge on any atom is -0.493 e. The molecule has 1 aliphatic heterocycles. The topological polar surface area (TPSA) is 69.4 Å². The molecule has 1 aromatic carbocycles. The zero-order valence-electron chi connectivity index (χ0n) is 8.93. The van der Waals surface area contributed by atoms with Gasteiger partial charge >= 0.3 is 0 Å². The van der Waals surface area contributed by atoms with Crippen LogP contribution in [0.25, 0.3) is 0 Å². The number of hydrogen-bond donors (Lipinski definition) is 1. The summed E-state index contributed by atoms with van der Waals surface area (Å²) in [6.45, 7) is 0.988. The standard InChI is InChI=1S/C11H15NO3S/c12-5-9-1-3-11(4-2-9)15-6-10-7-16(13,14)8-10/h1-4,10H,5-8,12H2. The van der Waals surface area contributed by atoms with Gasteiger partial charge in [-0.2, -0.15) is 0 Å². The van der Waals surface area contributed by atoms with Crippen LogP contribution in [0.2, 0.25) is 0 Å². The van der Waals surface area contributed by atoms with Gasteiger partial charge in [0, 0.05) is 12.5 Å². The third kappa shape index (κ3) is 2.74. The molecule has 0 aromatic heterocycles. The summed E-state index contributed by atoms with van der Waals surface area (Å²) in [5.41, 5.74) is 6.53. The molecule has 1 fully saturated rings. The van der Waals surface area contributed by atoms with Crippen molar-refractivity contribution in [2.24, 2.45) is 11.7 Å². The van der Waals surface area contributed by atoms with E-state index in [2.05, 4.69) is 0 Å². The van der Waals surface area contributed by atoms with Gasteiger partial charge in [0.25, 0.3) is 0 Å². The summed E-state index contributed by atoms with van der Waals surface area (Å²) in [6.07, 6.45) is 0. The van der Waals surface area contributed by atoms with Gasteiger partial charge in [-0.25, -0.2) is 8.42 Å². The lowest BCUT2D eigenvalue weighted by atomic mass is 10.2. The lowest BCUT2D eigenvalue weighted by Crippen LogP contribution is -2.39. The van der Waals surface area contributed by atoms with Gasteiger partial charge < -0.3 is 10.5 Å². The summed E-state index contributed by atoms with van der Waals surface area (Å²) < 4.78 is 27.3. The van der Waals surface area contributed by atoms with Crippen molar-refractivity contribution in [1.82, 2.24) is 0 Å². The monoisotopic (exact) mass is 241 g/mol. The highest BCUT2D eigenvalue weighted by Crippen LogP contribution is 2.20. The number of sulfone groups is 1. The fourth-order valence-electron chi connectivity index (χ4n) is 1.70. The van der Waals surface area contributed by atoms with Crippen molar-refractivity contribution in [3.8, 4) is 5.75 Å². The van der Waals surface area contributed by atoms with E-state index in [1.807, 2.05) is 24.3 Å². The normalized spacial score (nSPS) is 19.1. The van der Waals surface area contributed by atoms with E-state index in [4.69, 9.17) is 10.5 Å². The van der Waals surface area contributed by atoms with Crippen LogP contribution >= 0.6 is 0 Å². The quantitative estimate of drug-likeness (QED) is 0.836. The SMILES string of the molecule is NCc1ccc(OCC2CS(=O)(=O)C2)cc1. The Morgan fingerprint density at radius 3 is 2.38 bits per heavy atom. The largest absolute Gasteiger partial charge is 0.493 e. The Balaban J connectivity index is 1.82. The van der Waals surface area contributed by atoms with Crippen LogP contribution in [-0.4, -0.2) is 26.5 Å². The summed E-state index contributed by atoms with van der Waals surface area (Å²) in [5, 5.41) is 0. The Morgan fingerprint density at radius 2 is 1.88 bits per heavy atom. The van der Waals surface area contributed by atoms with Gasteiger partial charge in [-0.05, 0) is 17.7 Å². The second-order valence-corrected chi connectivity index (χ2v) is 6.26. The maximum atomic E-state index is 10.9.